The Hall–Kier alpha value is -1.78. The van der Waals surface area contributed by atoms with Gasteiger partial charge in [0.05, 0.1) is 25.3 Å². The second kappa shape index (κ2) is 5.91. The van der Waals surface area contributed by atoms with Crippen LogP contribution in [0.3, 0.4) is 0 Å². The molecule has 2 aromatic rings. The van der Waals surface area contributed by atoms with Gasteiger partial charge in [-0.15, -0.1) is 0 Å². The third-order valence-corrected chi connectivity index (χ3v) is 3.19. The maximum atomic E-state index is 6.24. The van der Waals surface area contributed by atoms with Gasteiger partial charge in [-0.25, -0.2) is 0 Å². The summed E-state index contributed by atoms with van der Waals surface area (Å²) in [6, 6.07) is 6.97. The van der Waals surface area contributed by atoms with Gasteiger partial charge in [0.25, 0.3) is 0 Å². The van der Waals surface area contributed by atoms with Crippen LogP contribution in [-0.4, -0.2) is 19.2 Å². The Labute approximate surface area is 117 Å². The van der Waals surface area contributed by atoms with Crippen LogP contribution in [0.15, 0.2) is 36.7 Å². The van der Waals surface area contributed by atoms with Crippen LogP contribution < -0.4 is 15.2 Å². The highest BCUT2D eigenvalue weighted by Gasteiger charge is 2.14. The lowest BCUT2D eigenvalue weighted by molar-refractivity contribution is 0.393. The first-order chi connectivity index (χ1) is 9.15. The highest BCUT2D eigenvalue weighted by atomic mass is 35.5. The Bertz CT molecular complexity index is 553. The number of methoxy groups -OCH3 is 2. The third-order valence-electron chi connectivity index (χ3n) is 2.87. The number of hydrogen-bond donors (Lipinski definition) is 1. The molecule has 0 fully saturated rings. The van der Waals surface area contributed by atoms with Crippen molar-refractivity contribution in [1.82, 2.24) is 4.98 Å². The molecule has 100 valence electrons. The summed E-state index contributed by atoms with van der Waals surface area (Å²) in [5.41, 5.74) is 7.92. The number of halogens is 1. The number of aromatic nitrogens is 1. The molecule has 0 amide bonds. The van der Waals surface area contributed by atoms with E-state index in [1.54, 1.807) is 38.7 Å². The monoisotopic (exact) mass is 278 g/mol. The maximum Gasteiger partial charge on any atom is 0.122 e. The van der Waals surface area contributed by atoms with Gasteiger partial charge in [0.15, 0.2) is 0 Å². The summed E-state index contributed by atoms with van der Waals surface area (Å²) in [6.07, 6.45) is 3.24. The van der Waals surface area contributed by atoms with Gasteiger partial charge >= 0.3 is 0 Å². The Morgan fingerprint density at radius 2 is 1.79 bits per heavy atom. The molecule has 5 heteroatoms. The van der Waals surface area contributed by atoms with Crippen molar-refractivity contribution >= 4 is 11.6 Å². The van der Waals surface area contributed by atoms with Crippen molar-refractivity contribution in [3.8, 4) is 11.5 Å². The number of pyridine rings is 1. The molecule has 19 heavy (non-hydrogen) atoms. The Morgan fingerprint density at radius 1 is 1.16 bits per heavy atom. The highest BCUT2D eigenvalue weighted by molar-refractivity contribution is 6.31. The lowest BCUT2D eigenvalue weighted by atomic mass is 10.00. The van der Waals surface area contributed by atoms with Crippen molar-refractivity contribution in [3.05, 3.63) is 52.8 Å². The molecule has 0 radical (unpaired) electrons. The van der Waals surface area contributed by atoms with E-state index in [0.29, 0.717) is 16.5 Å². The summed E-state index contributed by atoms with van der Waals surface area (Å²) in [6.45, 7) is 0. The van der Waals surface area contributed by atoms with Crippen molar-refractivity contribution in [3.63, 3.8) is 0 Å². The van der Waals surface area contributed by atoms with Crippen LogP contribution in [0.1, 0.15) is 17.2 Å². The van der Waals surface area contributed by atoms with Crippen LogP contribution in [-0.2, 0) is 0 Å². The van der Waals surface area contributed by atoms with Crippen molar-refractivity contribution < 1.29 is 9.47 Å². The average Bonchev–Trinajstić information content (AvgIpc) is 2.46. The van der Waals surface area contributed by atoms with Gasteiger partial charge in [-0.3, -0.25) is 4.98 Å². The molecule has 1 heterocycles. The molecule has 1 unspecified atom stereocenters. The summed E-state index contributed by atoms with van der Waals surface area (Å²) < 4.78 is 10.5. The molecule has 0 aliphatic rings. The average molecular weight is 279 g/mol. The van der Waals surface area contributed by atoms with Gasteiger partial charge in [0.2, 0.25) is 0 Å². The van der Waals surface area contributed by atoms with Crippen LogP contribution >= 0.6 is 11.6 Å². The van der Waals surface area contributed by atoms with E-state index in [4.69, 9.17) is 26.8 Å². The molecule has 0 aliphatic carbocycles. The number of rotatable bonds is 4. The molecule has 4 nitrogen and oxygen atoms in total. The number of ether oxygens (including phenoxy) is 2. The van der Waals surface area contributed by atoms with Crippen molar-refractivity contribution in [2.45, 2.75) is 6.04 Å². The fourth-order valence-corrected chi connectivity index (χ4v) is 2.06. The molecule has 1 aromatic heterocycles. The summed E-state index contributed by atoms with van der Waals surface area (Å²) in [4.78, 5) is 3.95. The zero-order valence-corrected chi connectivity index (χ0v) is 11.5. The highest BCUT2D eigenvalue weighted by Crippen LogP contribution is 2.31. The van der Waals surface area contributed by atoms with Crippen LogP contribution in [0.25, 0.3) is 0 Å². The van der Waals surface area contributed by atoms with E-state index in [2.05, 4.69) is 4.98 Å². The van der Waals surface area contributed by atoms with E-state index >= 15 is 0 Å². The van der Waals surface area contributed by atoms with Crippen molar-refractivity contribution in [1.29, 1.82) is 0 Å². The van der Waals surface area contributed by atoms with Gasteiger partial charge in [0.1, 0.15) is 11.5 Å². The molecule has 0 saturated heterocycles. The molecule has 0 bridgehead atoms. The molecule has 1 aromatic carbocycles. The molecule has 0 saturated carbocycles. The van der Waals surface area contributed by atoms with Gasteiger partial charge in [-0.05, 0) is 29.3 Å². The van der Waals surface area contributed by atoms with E-state index < -0.39 is 0 Å². The smallest absolute Gasteiger partial charge is 0.122 e. The SMILES string of the molecule is COc1cc(OC)cc(C(N)c2ccncc2Cl)c1. The zero-order chi connectivity index (χ0) is 13.8. The van der Waals surface area contributed by atoms with Gasteiger partial charge in [-0.2, -0.15) is 0 Å². The predicted octanol–water partition coefficient (Wildman–Crippen LogP) is 2.80. The fourth-order valence-electron chi connectivity index (χ4n) is 1.83. The minimum atomic E-state index is -0.362. The van der Waals surface area contributed by atoms with Crippen LogP contribution in [0, 0.1) is 0 Å². The Kier molecular flexibility index (Phi) is 4.24. The van der Waals surface area contributed by atoms with Gasteiger partial charge in [-0.1, -0.05) is 11.6 Å². The Morgan fingerprint density at radius 3 is 2.32 bits per heavy atom. The number of nitrogens with two attached hydrogens (primary N) is 1. The summed E-state index contributed by atoms with van der Waals surface area (Å²) >= 11 is 6.11. The van der Waals surface area contributed by atoms with Gasteiger partial charge in [0, 0.05) is 18.5 Å². The normalized spacial score (nSPS) is 12.0. The number of nitrogens with zero attached hydrogens (tertiary/aromatic N) is 1. The van der Waals surface area contributed by atoms with E-state index in [1.807, 2.05) is 12.1 Å². The minimum Gasteiger partial charge on any atom is -0.497 e. The first kappa shape index (κ1) is 13.6. The summed E-state index contributed by atoms with van der Waals surface area (Å²) in [7, 11) is 3.20. The van der Waals surface area contributed by atoms with E-state index in [-0.39, 0.29) is 6.04 Å². The van der Waals surface area contributed by atoms with E-state index in [0.717, 1.165) is 11.1 Å². The van der Waals surface area contributed by atoms with Crippen LogP contribution in [0.4, 0.5) is 0 Å². The lowest BCUT2D eigenvalue weighted by Gasteiger charge is -2.16. The second-order valence-electron chi connectivity index (χ2n) is 4.02. The zero-order valence-electron chi connectivity index (χ0n) is 10.8. The van der Waals surface area contributed by atoms with Crippen molar-refractivity contribution in [2.75, 3.05) is 14.2 Å². The second-order valence-corrected chi connectivity index (χ2v) is 4.43. The first-order valence-corrected chi connectivity index (χ1v) is 6.11. The molecule has 0 aliphatic heterocycles. The van der Waals surface area contributed by atoms with E-state index in [9.17, 15) is 0 Å². The standard InChI is InChI=1S/C14H15ClN2O2/c1-18-10-5-9(6-11(7-10)19-2)14(16)12-3-4-17-8-13(12)15/h3-8,14H,16H2,1-2H3. The van der Waals surface area contributed by atoms with Crippen LogP contribution in [0.2, 0.25) is 5.02 Å². The molecular formula is C14H15ClN2O2. The van der Waals surface area contributed by atoms with Crippen LogP contribution in [0.5, 0.6) is 11.5 Å². The third kappa shape index (κ3) is 2.97. The molecule has 2 rings (SSSR count). The minimum absolute atomic E-state index is 0.362. The largest absolute Gasteiger partial charge is 0.497 e. The summed E-state index contributed by atoms with van der Waals surface area (Å²) in [5.74, 6) is 1.38. The lowest BCUT2D eigenvalue weighted by Crippen LogP contribution is -2.12. The summed E-state index contributed by atoms with van der Waals surface area (Å²) in [5, 5.41) is 0.539. The molecule has 2 N–H and O–H groups in total. The molecule has 1 atom stereocenters. The predicted molar refractivity (Wildman–Crippen MR) is 74.8 cm³/mol. The fraction of sp³-hybridized carbons (Fsp3) is 0.214. The number of benzene rings is 1. The van der Waals surface area contributed by atoms with Crippen molar-refractivity contribution in [2.24, 2.45) is 5.73 Å². The van der Waals surface area contributed by atoms with E-state index in [1.165, 1.54) is 0 Å². The quantitative estimate of drug-likeness (QED) is 0.934. The Balaban J connectivity index is 2.43. The number of hydrogen-bond acceptors (Lipinski definition) is 4. The topological polar surface area (TPSA) is 57.4 Å². The molecular weight excluding hydrogens is 264 g/mol. The molecule has 0 spiro atoms. The van der Waals surface area contributed by atoms with Gasteiger partial charge < -0.3 is 15.2 Å². The first-order valence-electron chi connectivity index (χ1n) is 5.73. The maximum absolute atomic E-state index is 6.24.